The van der Waals surface area contributed by atoms with Crippen molar-refractivity contribution in [3.8, 4) is 23.0 Å². The zero-order valence-electron chi connectivity index (χ0n) is 23.5. The van der Waals surface area contributed by atoms with Crippen LogP contribution in [-0.2, 0) is 4.79 Å². The number of pyridine rings is 1. The van der Waals surface area contributed by atoms with Gasteiger partial charge in [0.2, 0.25) is 5.91 Å². The molecule has 6 rings (SSSR count). The lowest BCUT2D eigenvalue weighted by Gasteiger charge is -2.17. The number of amides is 1. The van der Waals surface area contributed by atoms with Crippen LogP contribution in [0.5, 0.6) is 23.0 Å². The van der Waals surface area contributed by atoms with Gasteiger partial charge in [0.1, 0.15) is 34.2 Å². The fourth-order valence-electron chi connectivity index (χ4n) is 4.58. The maximum absolute atomic E-state index is 12.8. The van der Waals surface area contributed by atoms with E-state index in [-0.39, 0.29) is 5.91 Å². The van der Waals surface area contributed by atoms with Gasteiger partial charge in [-0.15, -0.1) is 0 Å². The van der Waals surface area contributed by atoms with Gasteiger partial charge in [-0.1, -0.05) is 30.3 Å². The van der Waals surface area contributed by atoms with Crippen molar-refractivity contribution >= 4 is 34.1 Å². The lowest BCUT2D eigenvalue weighted by atomic mass is 10.2. The topological polar surface area (TPSA) is 95.6 Å². The summed E-state index contributed by atoms with van der Waals surface area (Å²) >= 11 is 0. The van der Waals surface area contributed by atoms with Crippen LogP contribution < -0.4 is 19.7 Å². The van der Waals surface area contributed by atoms with Gasteiger partial charge < -0.3 is 19.7 Å². The van der Waals surface area contributed by atoms with Crippen LogP contribution in [0.2, 0.25) is 0 Å². The minimum atomic E-state index is -0.0802. The number of benzene rings is 3. The quantitative estimate of drug-likeness (QED) is 0.170. The number of fused-ring (bicyclic) bond motifs is 1. The Balaban J connectivity index is 1.15. The summed E-state index contributed by atoms with van der Waals surface area (Å²) in [6.07, 6.45) is 7.70. The van der Waals surface area contributed by atoms with Crippen LogP contribution >= 0.6 is 0 Å². The number of aromatic amines is 1. The third-order valence-electron chi connectivity index (χ3n) is 7.10. The van der Waals surface area contributed by atoms with Crippen molar-refractivity contribution in [3.63, 3.8) is 0 Å². The Hall–Kier alpha value is -5.15. The summed E-state index contributed by atoms with van der Waals surface area (Å²) in [7, 11) is 3.86. The Morgan fingerprint density at radius 2 is 1.69 bits per heavy atom. The van der Waals surface area contributed by atoms with Crippen LogP contribution in [-0.4, -0.2) is 52.7 Å². The third kappa shape index (κ3) is 6.42. The monoisotopic (exact) mass is 560 g/mol. The normalized spacial score (nSPS) is 13.0. The summed E-state index contributed by atoms with van der Waals surface area (Å²) < 4.78 is 12.1. The molecule has 0 spiro atoms. The highest BCUT2D eigenvalue weighted by atomic mass is 16.5. The highest BCUT2D eigenvalue weighted by Gasteiger charge is 2.25. The molecule has 1 aliphatic carbocycles. The minimum Gasteiger partial charge on any atom is -0.457 e. The summed E-state index contributed by atoms with van der Waals surface area (Å²) in [6.45, 7) is 0.767. The van der Waals surface area contributed by atoms with Gasteiger partial charge in [0, 0.05) is 49.3 Å². The smallest absolute Gasteiger partial charge is 0.250 e. The third-order valence-corrected chi connectivity index (χ3v) is 7.10. The van der Waals surface area contributed by atoms with E-state index in [1.807, 2.05) is 84.9 Å². The van der Waals surface area contributed by atoms with E-state index in [2.05, 4.69) is 32.4 Å². The Kier molecular flexibility index (Phi) is 7.83. The molecule has 9 heteroatoms. The first-order valence-corrected chi connectivity index (χ1v) is 13.9. The minimum absolute atomic E-state index is 0.0802. The Labute approximate surface area is 244 Å². The highest BCUT2D eigenvalue weighted by molar-refractivity contribution is 6.01. The number of carbonyl (C=O) groups excluding carboxylic acids is 1. The zero-order chi connectivity index (χ0) is 28.9. The number of nitrogens with zero attached hydrogens (tertiary/aromatic N) is 4. The molecule has 0 unspecified atom stereocenters. The first kappa shape index (κ1) is 27.0. The molecule has 5 aromatic rings. The molecule has 0 aliphatic heterocycles. The average molecular weight is 561 g/mol. The van der Waals surface area contributed by atoms with Crippen molar-refractivity contribution in [1.82, 2.24) is 20.1 Å². The van der Waals surface area contributed by atoms with Crippen molar-refractivity contribution in [1.29, 1.82) is 0 Å². The van der Waals surface area contributed by atoms with Gasteiger partial charge in [-0.05, 0) is 74.5 Å². The maximum atomic E-state index is 12.8. The standard InChI is InChI=1S/C33H32N6O3/c1-38(24-13-14-24)21-7-12-30(40)39(2)25-9-6-8-23(22-25)35-33-31-29(19-20-34-32(31)36-37-33)42-28-17-15-27(16-18-28)41-26-10-4-3-5-11-26/h3-12,15-20,22,24H,13-14,21H2,1-2H3,(H2,34,35,36,37)/b12-7+. The number of ether oxygens (including phenoxy) is 2. The molecular weight excluding hydrogens is 528 g/mol. The van der Waals surface area contributed by atoms with Gasteiger partial charge in [0.05, 0.1) is 0 Å². The Morgan fingerprint density at radius 1 is 0.952 bits per heavy atom. The number of hydrogen-bond donors (Lipinski definition) is 2. The zero-order valence-corrected chi connectivity index (χ0v) is 23.5. The summed E-state index contributed by atoms with van der Waals surface area (Å²) in [5.74, 6) is 3.27. The van der Waals surface area contributed by atoms with E-state index in [0.29, 0.717) is 40.1 Å². The number of carbonyl (C=O) groups is 1. The first-order valence-electron chi connectivity index (χ1n) is 13.9. The Morgan fingerprint density at radius 3 is 2.45 bits per heavy atom. The molecule has 2 aromatic heterocycles. The fraction of sp³-hybridized carbons (Fsp3) is 0.182. The van der Waals surface area contributed by atoms with E-state index in [1.54, 1.807) is 30.3 Å². The molecule has 0 radical (unpaired) electrons. The van der Waals surface area contributed by atoms with Gasteiger partial charge in [-0.2, -0.15) is 5.10 Å². The van der Waals surface area contributed by atoms with Crippen LogP contribution in [0, 0.1) is 0 Å². The fourth-order valence-corrected chi connectivity index (χ4v) is 4.58. The van der Waals surface area contributed by atoms with Gasteiger partial charge in [0.15, 0.2) is 5.65 Å². The first-order chi connectivity index (χ1) is 20.5. The largest absolute Gasteiger partial charge is 0.457 e. The number of para-hydroxylation sites is 1. The number of rotatable bonds is 11. The number of H-pyrrole nitrogens is 1. The van der Waals surface area contributed by atoms with E-state index >= 15 is 0 Å². The molecule has 0 atom stereocenters. The molecule has 1 amide bonds. The second kappa shape index (κ2) is 12.2. The summed E-state index contributed by atoms with van der Waals surface area (Å²) in [6, 6.07) is 27.2. The van der Waals surface area contributed by atoms with Crippen LogP contribution in [0.3, 0.4) is 0 Å². The Bertz CT molecular complexity index is 1700. The van der Waals surface area contributed by atoms with Crippen molar-refractivity contribution < 1.29 is 14.3 Å². The molecule has 0 saturated heterocycles. The van der Waals surface area contributed by atoms with Gasteiger partial charge in [0.25, 0.3) is 0 Å². The average Bonchev–Trinajstić information content (AvgIpc) is 3.79. The number of anilines is 3. The lowest BCUT2D eigenvalue weighted by Crippen LogP contribution is -2.25. The van der Waals surface area contributed by atoms with Crippen LogP contribution in [0.4, 0.5) is 17.2 Å². The number of hydrogen-bond acceptors (Lipinski definition) is 7. The van der Waals surface area contributed by atoms with Gasteiger partial charge >= 0.3 is 0 Å². The van der Waals surface area contributed by atoms with Gasteiger partial charge in [-0.3, -0.25) is 14.8 Å². The predicted molar refractivity (Wildman–Crippen MR) is 165 cm³/mol. The van der Waals surface area contributed by atoms with E-state index in [4.69, 9.17) is 9.47 Å². The maximum Gasteiger partial charge on any atom is 0.250 e. The predicted octanol–water partition coefficient (Wildman–Crippen LogP) is 6.90. The van der Waals surface area contributed by atoms with E-state index < -0.39 is 0 Å². The van der Waals surface area contributed by atoms with Crippen LogP contribution in [0.1, 0.15) is 12.8 Å². The molecule has 42 heavy (non-hydrogen) atoms. The van der Waals surface area contributed by atoms with Crippen molar-refractivity contribution in [2.45, 2.75) is 18.9 Å². The molecule has 212 valence electrons. The molecule has 0 bridgehead atoms. The van der Waals surface area contributed by atoms with Crippen molar-refractivity contribution in [2.24, 2.45) is 0 Å². The van der Waals surface area contributed by atoms with Crippen LogP contribution in [0.15, 0.2) is 103 Å². The molecular formula is C33H32N6O3. The number of nitrogens with one attached hydrogen (secondary N) is 2. The SMILES string of the molecule is CN(C(=O)/C=C/CN(C)C1CC1)c1cccc(Nc2[nH]nc3nccc(Oc4ccc(Oc5ccccc5)cc4)c23)c1. The lowest BCUT2D eigenvalue weighted by molar-refractivity contribution is -0.113. The molecule has 9 nitrogen and oxygen atoms in total. The van der Waals surface area contributed by atoms with E-state index in [0.717, 1.165) is 23.7 Å². The van der Waals surface area contributed by atoms with Crippen molar-refractivity contribution in [3.05, 3.63) is 103 Å². The second-order valence-corrected chi connectivity index (χ2v) is 10.2. The summed E-state index contributed by atoms with van der Waals surface area (Å²) in [5.41, 5.74) is 2.07. The number of likely N-dealkylation sites (N-methyl/N-ethyl adjacent to an activating group) is 2. The second-order valence-electron chi connectivity index (χ2n) is 10.2. The van der Waals surface area contributed by atoms with Crippen molar-refractivity contribution in [2.75, 3.05) is 30.9 Å². The highest BCUT2D eigenvalue weighted by Crippen LogP contribution is 2.35. The summed E-state index contributed by atoms with van der Waals surface area (Å²) in [5, 5.41) is 11.5. The molecule has 3 aromatic carbocycles. The molecule has 2 N–H and O–H groups in total. The summed E-state index contributed by atoms with van der Waals surface area (Å²) in [4.78, 5) is 21.1. The molecule has 2 heterocycles. The van der Waals surface area contributed by atoms with Gasteiger partial charge in [-0.25, -0.2) is 4.98 Å². The molecule has 1 saturated carbocycles. The molecule has 1 aliphatic rings. The number of aromatic nitrogens is 3. The van der Waals surface area contributed by atoms with Crippen LogP contribution in [0.25, 0.3) is 11.0 Å². The van der Waals surface area contributed by atoms with E-state index in [1.165, 1.54) is 12.8 Å². The van der Waals surface area contributed by atoms with E-state index in [9.17, 15) is 4.79 Å². The molecule has 1 fully saturated rings.